The van der Waals surface area contributed by atoms with Crippen LogP contribution in [-0.2, 0) is 6.61 Å². The molecule has 0 aliphatic carbocycles. The first-order valence-corrected chi connectivity index (χ1v) is 6.16. The molecular formula is C11H9ClN2O3S. The zero-order valence-corrected chi connectivity index (χ0v) is 11.0. The van der Waals surface area contributed by atoms with E-state index in [-0.39, 0.29) is 12.2 Å². The van der Waals surface area contributed by atoms with Crippen LogP contribution in [0, 0.1) is 6.92 Å². The summed E-state index contributed by atoms with van der Waals surface area (Å²) in [5.74, 6) is -0.493. The highest BCUT2D eigenvalue weighted by Crippen LogP contribution is 2.23. The van der Waals surface area contributed by atoms with Crippen LogP contribution < -0.4 is 4.74 Å². The molecule has 2 rings (SSSR count). The Hall–Kier alpha value is -1.66. The molecule has 0 saturated carbocycles. The van der Waals surface area contributed by atoms with Crippen molar-refractivity contribution in [3.05, 3.63) is 39.4 Å². The van der Waals surface area contributed by atoms with Gasteiger partial charge in [-0.2, -0.15) is 0 Å². The summed E-state index contributed by atoms with van der Waals surface area (Å²) in [7, 11) is 0. The first kappa shape index (κ1) is 12.8. The normalized spacial score (nSPS) is 10.3. The lowest BCUT2D eigenvalue weighted by atomic mass is 10.1. The van der Waals surface area contributed by atoms with Crippen LogP contribution in [0.2, 0.25) is 4.34 Å². The van der Waals surface area contributed by atoms with Gasteiger partial charge < -0.3 is 9.84 Å². The SMILES string of the molecule is Cc1ccc(C(=O)O)cc1OCc1nnsc1Cl. The van der Waals surface area contributed by atoms with E-state index >= 15 is 0 Å². The molecule has 1 N–H and O–H groups in total. The molecule has 0 amide bonds. The minimum Gasteiger partial charge on any atom is -0.487 e. The molecule has 18 heavy (non-hydrogen) atoms. The standard InChI is InChI=1S/C11H9ClN2O3S/c1-6-2-3-7(11(15)16)4-9(6)17-5-8-10(12)18-14-13-8/h2-4H,5H2,1H3,(H,15,16). The van der Waals surface area contributed by atoms with Crippen molar-refractivity contribution in [2.24, 2.45) is 0 Å². The number of ether oxygens (including phenoxy) is 1. The van der Waals surface area contributed by atoms with E-state index in [1.807, 2.05) is 6.92 Å². The number of benzene rings is 1. The minimum atomic E-state index is -0.992. The predicted octanol–water partition coefficient (Wildman–Crippen LogP) is 2.78. The Labute approximate surface area is 112 Å². The Morgan fingerprint density at radius 2 is 2.33 bits per heavy atom. The fourth-order valence-electron chi connectivity index (χ4n) is 1.32. The van der Waals surface area contributed by atoms with Crippen LogP contribution in [0.4, 0.5) is 0 Å². The summed E-state index contributed by atoms with van der Waals surface area (Å²) in [6, 6.07) is 4.70. The lowest BCUT2D eigenvalue weighted by Gasteiger charge is -2.08. The van der Waals surface area contributed by atoms with Gasteiger partial charge in [-0.1, -0.05) is 22.2 Å². The maximum atomic E-state index is 10.9. The summed E-state index contributed by atoms with van der Waals surface area (Å²) in [4.78, 5) is 10.9. The van der Waals surface area contributed by atoms with Gasteiger partial charge in [0.1, 0.15) is 22.4 Å². The van der Waals surface area contributed by atoms with Crippen LogP contribution in [0.5, 0.6) is 5.75 Å². The van der Waals surface area contributed by atoms with Gasteiger partial charge in [0.2, 0.25) is 0 Å². The highest BCUT2D eigenvalue weighted by Gasteiger charge is 2.10. The molecule has 0 saturated heterocycles. The van der Waals surface area contributed by atoms with Gasteiger partial charge in [-0.15, -0.1) is 5.10 Å². The molecule has 1 heterocycles. The zero-order valence-electron chi connectivity index (χ0n) is 9.38. The molecule has 0 aliphatic heterocycles. The van der Waals surface area contributed by atoms with E-state index in [2.05, 4.69) is 9.59 Å². The number of hydrogen-bond acceptors (Lipinski definition) is 5. The van der Waals surface area contributed by atoms with Gasteiger partial charge in [0.25, 0.3) is 0 Å². The molecule has 94 valence electrons. The number of aromatic nitrogens is 2. The second-order valence-corrected chi connectivity index (χ2v) is 4.92. The van der Waals surface area contributed by atoms with Crippen LogP contribution in [0.25, 0.3) is 0 Å². The third-order valence-electron chi connectivity index (χ3n) is 2.31. The lowest BCUT2D eigenvalue weighted by Crippen LogP contribution is -2.01. The van der Waals surface area contributed by atoms with Crippen molar-refractivity contribution in [1.82, 2.24) is 9.59 Å². The molecular weight excluding hydrogens is 276 g/mol. The maximum absolute atomic E-state index is 10.9. The molecule has 0 radical (unpaired) electrons. The Balaban J connectivity index is 2.16. The first-order chi connectivity index (χ1) is 8.58. The van der Waals surface area contributed by atoms with Gasteiger partial charge in [-0.3, -0.25) is 0 Å². The molecule has 7 heteroatoms. The number of aryl methyl sites for hydroxylation is 1. The molecule has 0 atom stereocenters. The second kappa shape index (κ2) is 5.32. The van der Waals surface area contributed by atoms with Gasteiger partial charge in [0.15, 0.2) is 0 Å². The molecule has 0 spiro atoms. The third kappa shape index (κ3) is 2.77. The summed E-state index contributed by atoms with van der Waals surface area (Å²) < 4.78 is 9.67. The van der Waals surface area contributed by atoms with Crippen molar-refractivity contribution >= 4 is 29.1 Å². The fourth-order valence-corrected chi connectivity index (χ4v) is 1.92. The van der Waals surface area contributed by atoms with Crippen LogP contribution in [-0.4, -0.2) is 20.7 Å². The van der Waals surface area contributed by atoms with Gasteiger partial charge in [0, 0.05) is 11.5 Å². The van der Waals surface area contributed by atoms with Crippen LogP contribution in [0.15, 0.2) is 18.2 Å². The molecule has 2 aromatic rings. The van der Waals surface area contributed by atoms with Crippen molar-refractivity contribution < 1.29 is 14.6 Å². The second-order valence-electron chi connectivity index (χ2n) is 3.57. The van der Waals surface area contributed by atoms with Gasteiger partial charge >= 0.3 is 5.97 Å². The molecule has 0 bridgehead atoms. The molecule has 1 aromatic carbocycles. The highest BCUT2D eigenvalue weighted by molar-refractivity contribution is 7.10. The largest absolute Gasteiger partial charge is 0.487 e. The van der Waals surface area contributed by atoms with Crippen molar-refractivity contribution in [1.29, 1.82) is 0 Å². The maximum Gasteiger partial charge on any atom is 0.335 e. The quantitative estimate of drug-likeness (QED) is 0.934. The summed E-state index contributed by atoms with van der Waals surface area (Å²) >= 11 is 6.93. The summed E-state index contributed by atoms with van der Waals surface area (Å²) in [5, 5.41) is 12.7. The number of carboxylic acids is 1. The Bertz CT molecular complexity index is 585. The molecule has 0 unspecified atom stereocenters. The number of halogens is 1. The van der Waals surface area contributed by atoms with Crippen molar-refractivity contribution in [2.45, 2.75) is 13.5 Å². The van der Waals surface area contributed by atoms with Crippen molar-refractivity contribution in [2.75, 3.05) is 0 Å². The summed E-state index contributed by atoms with van der Waals surface area (Å²) in [6.45, 7) is 2.00. The Morgan fingerprint density at radius 1 is 1.56 bits per heavy atom. The topological polar surface area (TPSA) is 72.3 Å². The Morgan fingerprint density at radius 3 is 2.94 bits per heavy atom. The Kier molecular flexibility index (Phi) is 3.78. The number of nitrogens with zero attached hydrogens (tertiary/aromatic N) is 2. The molecule has 1 aromatic heterocycles. The molecule has 0 fully saturated rings. The van der Waals surface area contributed by atoms with E-state index in [0.29, 0.717) is 15.8 Å². The third-order valence-corrected chi connectivity index (χ3v) is 3.29. The van der Waals surface area contributed by atoms with Gasteiger partial charge in [-0.25, -0.2) is 4.79 Å². The average molecular weight is 285 g/mol. The predicted molar refractivity (Wildman–Crippen MR) is 67.4 cm³/mol. The lowest BCUT2D eigenvalue weighted by molar-refractivity contribution is 0.0696. The number of rotatable bonds is 4. The number of carboxylic acid groups (broad SMARTS) is 1. The van der Waals surface area contributed by atoms with Crippen molar-refractivity contribution in [3.63, 3.8) is 0 Å². The number of hydrogen-bond donors (Lipinski definition) is 1. The average Bonchev–Trinajstić information content (AvgIpc) is 2.73. The summed E-state index contributed by atoms with van der Waals surface area (Å²) in [6.07, 6.45) is 0. The monoisotopic (exact) mass is 284 g/mol. The van der Waals surface area contributed by atoms with E-state index in [4.69, 9.17) is 21.4 Å². The highest BCUT2D eigenvalue weighted by atomic mass is 35.5. The van der Waals surface area contributed by atoms with Gasteiger partial charge in [0.05, 0.1) is 5.56 Å². The summed E-state index contributed by atoms with van der Waals surface area (Å²) in [5.41, 5.74) is 1.57. The number of carbonyl (C=O) groups is 1. The zero-order chi connectivity index (χ0) is 13.1. The van der Waals surface area contributed by atoms with E-state index < -0.39 is 5.97 Å². The molecule has 0 aliphatic rings. The molecule has 5 nitrogen and oxygen atoms in total. The first-order valence-electron chi connectivity index (χ1n) is 5.01. The van der Waals surface area contributed by atoms with E-state index in [1.54, 1.807) is 6.07 Å². The minimum absolute atomic E-state index is 0.166. The smallest absolute Gasteiger partial charge is 0.335 e. The van der Waals surface area contributed by atoms with E-state index in [9.17, 15) is 4.79 Å². The van der Waals surface area contributed by atoms with Gasteiger partial charge in [-0.05, 0) is 24.6 Å². The van der Waals surface area contributed by atoms with E-state index in [1.165, 1.54) is 12.1 Å². The van der Waals surface area contributed by atoms with E-state index in [0.717, 1.165) is 17.1 Å². The van der Waals surface area contributed by atoms with Crippen molar-refractivity contribution in [3.8, 4) is 5.75 Å². The van der Waals surface area contributed by atoms with Crippen LogP contribution in [0.1, 0.15) is 21.6 Å². The number of aromatic carboxylic acids is 1. The fraction of sp³-hybridized carbons (Fsp3) is 0.182. The van der Waals surface area contributed by atoms with Crippen LogP contribution >= 0.6 is 23.1 Å². The van der Waals surface area contributed by atoms with Crippen LogP contribution in [0.3, 0.4) is 0 Å².